The Bertz CT molecular complexity index is 866. The van der Waals surface area contributed by atoms with E-state index in [1.807, 2.05) is 6.07 Å². The van der Waals surface area contributed by atoms with Gasteiger partial charge in [0.2, 0.25) is 0 Å². The second-order valence-corrected chi connectivity index (χ2v) is 6.72. The molecule has 0 atom stereocenters. The first-order valence-corrected chi connectivity index (χ1v) is 8.95. The molecular weight excluding hydrogens is 353 g/mol. The fourth-order valence-corrected chi connectivity index (χ4v) is 3.25. The average molecular weight is 371 g/mol. The van der Waals surface area contributed by atoms with Gasteiger partial charge in [-0.05, 0) is 43.2 Å². The van der Waals surface area contributed by atoms with E-state index in [1.54, 1.807) is 37.5 Å². The molecule has 0 aliphatic carbocycles. The number of carbonyl (C=O) groups excluding carboxylic acids is 1. The summed E-state index contributed by atoms with van der Waals surface area (Å²) in [5.74, 6) is 0.236. The molecule has 0 saturated carbocycles. The maximum absolute atomic E-state index is 12.9. The topological polar surface area (TPSA) is 64.1 Å². The van der Waals surface area contributed by atoms with Gasteiger partial charge in [-0.15, -0.1) is 11.3 Å². The van der Waals surface area contributed by atoms with Crippen molar-refractivity contribution in [3.05, 3.63) is 75.8 Å². The maximum atomic E-state index is 12.9. The molecule has 7 heteroatoms. The molecular formula is C19H18FN3O2S. The number of nitrogens with zero attached hydrogens (tertiary/aromatic N) is 2. The molecule has 0 spiro atoms. The Morgan fingerprint density at radius 3 is 2.81 bits per heavy atom. The van der Waals surface area contributed by atoms with Gasteiger partial charge in [0, 0.05) is 12.7 Å². The lowest BCUT2D eigenvalue weighted by molar-refractivity contribution is 0.0957. The Kier molecular flexibility index (Phi) is 5.91. The van der Waals surface area contributed by atoms with Crippen molar-refractivity contribution in [2.45, 2.75) is 20.0 Å². The van der Waals surface area contributed by atoms with Crippen molar-refractivity contribution in [3.8, 4) is 5.75 Å². The van der Waals surface area contributed by atoms with E-state index in [4.69, 9.17) is 4.74 Å². The third-order valence-corrected chi connectivity index (χ3v) is 4.79. The van der Waals surface area contributed by atoms with Crippen molar-refractivity contribution in [2.75, 3.05) is 6.54 Å². The van der Waals surface area contributed by atoms with Gasteiger partial charge in [0.25, 0.3) is 5.91 Å². The summed E-state index contributed by atoms with van der Waals surface area (Å²) in [4.78, 5) is 21.3. The van der Waals surface area contributed by atoms with Gasteiger partial charge in [0.05, 0.1) is 11.9 Å². The lowest BCUT2D eigenvalue weighted by Gasteiger charge is -2.04. The summed E-state index contributed by atoms with van der Waals surface area (Å²) in [6, 6.07) is 9.87. The summed E-state index contributed by atoms with van der Waals surface area (Å²) in [5, 5.41) is 3.61. The lowest BCUT2D eigenvalue weighted by atomic mass is 10.1. The molecule has 2 heterocycles. The molecule has 0 radical (unpaired) electrons. The number of ether oxygens (including phenoxy) is 1. The van der Waals surface area contributed by atoms with Gasteiger partial charge < -0.3 is 10.1 Å². The SMILES string of the molecule is Cc1nc(COc2cccnc2)sc1C(=O)NCCc1ccc(F)cc1. The number of amides is 1. The van der Waals surface area contributed by atoms with E-state index in [1.165, 1.54) is 23.5 Å². The smallest absolute Gasteiger partial charge is 0.263 e. The van der Waals surface area contributed by atoms with Gasteiger partial charge >= 0.3 is 0 Å². The number of rotatable bonds is 7. The Morgan fingerprint density at radius 2 is 2.08 bits per heavy atom. The van der Waals surface area contributed by atoms with Gasteiger partial charge in [-0.25, -0.2) is 9.37 Å². The molecule has 0 unspecified atom stereocenters. The number of benzene rings is 1. The fourth-order valence-electron chi connectivity index (χ4n) is 2.35. The van der Waals surface area contributed by atoms with Crippen LogP contribution in [0.5, 0.6) is 5.75 Å². The zero-order chi connectivity index (χ0) is 18.4. The summed E-state index contributed by atoms with van der Waals surface area (Å²) in [5.41, 5.74) is 1.65. The second kappa shape index (κ2) is 8.53. The highest BCUT2D eigenvalue weighted by Crippen LogP contribution is 2.20. The number of halogens is 1. The first-order chi connectivity index (χ1) is 12.6. The monoisotopic (exact) mass is 371 g/mol. The van der Waals surface area contributed by atoms with Gasteiger partial charge in [-0.2, -0.15) is 0 Å². The molecule has 0 aliphatic rings. The van der Waals surface area contributed by atoms with Crippen LogP contribution in [0.15, 0.2) is 48.8 Å². The summed E-state index contributed by atoms with van der Waals surface area (Å²) in [6.07, 6.45) is 3.94. The highest BCUT2D eigenvalue weighted by molar-refractivity contribution is 7.13. The van der Waals surface area contributed by atoms with Crippen molar-refractivity contribution < 1.29 is 13.9 Å². The highest BCUT2D eigenvalue weighted by Gasteiger charge is 2.15. The molecule has 3 rings (SSSR count). The van der Waals surface area contributed by atoms with E-state index < -0.39 is 0 Å². The summed E-state index contributed by atoms with van der Waals surface area (Å²) in [7, 11) is 0. The number of carbonyl (C=O) groups is 1. The maximum Gasteiger partial charge on any atom is 0.263 e. The Labute approximate surface area is 154 Å². The van der Waals surface area contributed by atoms with E-state index in [2.05, 4.69) is 15.3 Å². The van der Waals surface area contributed by atoms with Gasteiger partial charge in [-0.1, -0.05) is 12.1 Å². The Balaban J connectivity index is 1.52. The number of aryl methyl sites for hydroxylation is 1. The fraction of sp³-hybridized carbons (Fsp3) is 0.211. The van der Waals surface area contributed by atoms with E-state index in [0.29, 0.717) is 35.9 Å². The van der Waals surface area contributed by atoms with Gasteiger partial charge in [0.1, 0.15) is 28.1 Å². The number of hydrogen-bond acceptors (Lipinski definition) is 5. The average Bonchev–Trinajstić information content (AvgIpc) is 3.03. The minimum atomic E-state index is -0.265. The highest BCUT2D eigenvalue weighted by atomic mass is 32.1. The molecule has 0 fully saturated rings. The number of hydrogen-bond donors (Lipinski definition) is 1. The van der Waals surface area contributed by atoms with Gasteiger partial charge in [-0.3, -0.25) is 9.78 Å². The Morgan fingerprint density at radius 1 is 1.27 bits per heavy atom. The number of thiazole rings is 1. The molecule has 134 valence electrons. The first-order valence-electron chi connectivity index (χ1n) is 8.13. The number of aromatic nitrogens is 2. The first kappa shape index (κ1) is 18.0. The predicted molar refractivity (Wildman–Crippen MR) is 97.9 cm³/mol. The van der Waals surface area contributed by atoms with E-state index >= 15 is 0 Å². The Hall–Kier alpha value is -2.80. The standard InChI is InChI=1S/C19H18FN3O2S/c1-13-18(19(24)22-10-8-14-4-6-15(20)7-5-14)26-17(23-13)12-25-16-3-2-9-21-11-16/h2-7,9,11H,8,10,12H2,1H3,(H,22,24). The number of nitrogens with one attached hydrogen (secondary N) is 1. The molecule has 2 aromatic heterocycles. The van der Waals surface area contributed by atoms with Crippen LogP contribution in [0, 0.1) is 12.7 Å². The zero-order valence-electron chi connectivity index (χ0n) is 14.2. The molecule has 1 amide bonds. The van der Waals surface area contributed by atoms with Crippen molar-refractivity contribution >= 4 is 17.2 Å². The van der Waals surface area contributed by atoms with Crippen LogP contribution < -0.4 is 10.1 Å². The lowest BCUT2D eigenvalue weighted by Crippen LogP contribution is -2.25. The minimum absolute atomic E-state index is 0.158. The third-order valence-electron chi connectivity index (χ3n) is 3.66. The van der Waals surface area contributed by atoms with Crippen LogP contribution in [0.2, 0.25) is 0 Å². The summed E-state index contributed by atoms with van der Waals surface area (Å²) >= 11 is 1.32. The molecule has 0 bridgehead atoms. The van der Waals surface area contributed by atoms with E-state index in [9.17, 15) is 9.18 Å². The van der Waals surface area contributed by atoms with Crippen LogP contribution in [0.25, 0.3) is 0 Å². The summed E-state index contributed by atoms with van der Waals surface area (Å²) in [6.45, 7) is 2.57. The second-order valence-electron chi connectivity index (χ2n) is 5.63. The summed E-state index contributed by atoms with van der Waals surface area (Å²) < 4.78 is 18.5. The third kappa shape index (κ3) is 4.86. The normalized spacial score (nSPS) is 10.5. The molecule has 3 aromatic rings. The van der Waals surface area contributed by atoms with Crippen molar-refractivity contribution in [1.82, 2.24) is 15.3 Å². The van der Waals surface area contributed by atoms with Crippen LogP contribution in [-0.4, -0.2) is 22.4 Å². The van der Waals surface area contributed by atoms with Crippen LogP contribution in [0.4, 0.5) is 4.39 Å². The molecule has 0 saturated heterocycles. The largest absolute Gasteiger partial charge is 0.485 e. The van der Waals surface area contributed by atoms with Crippen LogP contribution in [0.1, 0.15) is 25.9 Å². The van der Waals surface area contributed by atoms with Crippen LogP contribution in [0.3, 0.4) is 0 Å². The minimum Gasteiger partial charge on any atom is -0.485 e. The van der Waals surface area contributed by atoms with E-state index in [-0.39, 0.29) is 11.7 Å². The van der Waals surface area contributed by atoms with Crippen LogP contribution >= 0.6 is 11.3 Å². The molecule has 5 nitrogen and oxygen atoms in total. The van der Waals surface area contributed by atoms with Crippen molar-refractivity contribution in [1.29, 1.82) is 0 Å². The molecule has 26 heavy (non-hydrogen) atoms. The number of pyridine rings is 1. The predicted octanol–water partition coefficient (Wildman–Crippen LogP) is 3.54. The molecule has 1 N–H and O–H groups in total. The van der Waals surface area contributed by atoms with Gasteiger partial charge in [0.15, 0.2) is 0 Å². The quantitative estimate of drug-likeness (QED) is 0.690. The van der Waals surface area contributed by atoms with Crippen molar-refractivity contribution in [3.63, 3.8) is 0 Å². The van der Waals surface area contributed by atoms with E-state index in [0.717, 1.165) is 10.6 Å². The van der Waals surface area contributed by atoms with Crippen molar-refractivity contribution in [2.24, 2.45) is 0 Å². The zero-order valence-corrected chi connectivity index (χ0v) is 15.1. The van der Waals surface area contributed by atoms with Crippen LogP contribution in [-0.2, 0) is 13.0 Å². The molecule has 0 aliphatic heterocycles. The molecule has 1 aromatic carbocycles.